The molecule has 0 saturated carbocycles. The average Bonchev–Trinajstić information content (AvgIpc) is 3.38. The molecule has 2 rings (SSSR count). The molecular formula is C18H36O6. The summed E-state index contributed by atoms with van der Waals surface area (Å²) < 4.78 is 33.2. The van der Waals surface area contributed by atoms with Crippen LogP contribution in [-0.4, -0.2) is 63.4 Å². The fourth-order valence-corrected chi connectivity index (χ4v) is 2.73. The fraction of sp³-hybridized carbons (Fsp3) is 1.00. The first-order chi connectivity index (χ1) is 11.4. The predicted molar refractivity (Wildman–Crippen MR) is 92.0 cm³/mol. The number of hydrogen-bond donors (Lipinski definition) is 0. The minimum Gasteiger partial charge on any atom is -0.382 e. The molecule has 0 radical (unpaired) electrons. The van der Waals surface area contributed by atoms with E-state index < -0.39 is 11.6 Å². The lowest BCUT2D eigenvalue weighted by Crippen LogP contribution is -2.46. The van der Waals surface area contributed by atoms with Gasteiger partial charge in [-0.2, -0.15) is 0 Å². The minimum atomic E-state index is -0.672. The Kier molecular flexibility index (Phi) is 9.71. The van der Waals surface area contributed by atoms with Crippen LogP contribution in [0.3, 0.4) is 0 Å². The molecule has 6 nitrogen and oxygen atoms in total. The van der Waals surface area contributed by atoms with E-state index in [1.807, 2.05) is 41.5 Å². The molecule has 2 aliphatic heterocycles. The van der Waals surface area contributed by atoms with Gasteiger partial charge in [-0.1, -0.05) is 0 Å². The van der Waals surface area contributed by atoms with Crippen LogP contribution in [0.5, 0.6) is 0 Å². The Hall–Kier alpha value is -0.240. The van der Waals surface area contributed by atoms with Crippen LogP contribution < -0.4 is 0 Å². The van der Waals surface area contributed by atoms with Crippen molar-refractivity contribution in [3.63, 3.8) is 0 Å². The molecule has 0 aliphatic carbocycles. The van der Waals surface area contributed by atoms with E-state index in [4.69, 9.17) is 28.4 Å². The summed E-state index contributed by atoms with van der Waals surface area (Å²) in [4.78, 5) is 0. The maximum Gasteiger partial charge on any atom is 0.171 e. The molecule has 0 amide bonds. The van der Waals surface area contributed by atoms with Crippen molar-refractivity contribution >= 4 is 0 Å². The number of epoxide rings is 2. The molecule has 144 valence electrons. The van der Waals surface area contributed by atoms with E-state index in [1.165, 1.54) is 0 Å². The van der Waals surface area contributed by atoms with Crippen molar-refractivity contribution < 1.29 is 28.4 Å². The Morgan fingerprint density at radius 1 is 0.750 bits per heavy atom. The van der Waals surface area contributed by atoms with Crippen molar-refractivity contribution in [3.05, 3.63) is 0 Å². The molecule has 0 aromatic carbocycles. The smallest absolute Gasteiger partial charge is 0.171 e. The third-order valence-corrected chi connectivity index (χ3v) is 3.74. The van der Waals surface area contributed by atoms with E-state index in [-0.39, 0.29) is 12.2 Å². The van der Waals surface area contributed by atoms with E-state index in [1.54, 1.807) is 0 Å². The summed E-state index contributed by atoms with van der Waals surface area (Å²) in [5.74, 6) is -1.34. The maximum atomic E-state index is 6.20. The SMILES string of the molecule is CCOC(C)(CC1CO1)OC(C)(CC1CO1)OCC.CCOCC. The Labute approximate surface area is 147 Å². The first-order valence-corrected chi connectivity index (χ1v) is 9.19. The van der Waals surface area contributed by atoms with E-state index >= 15 is 0 Å². The van der Waals surface area contributed by atoms with E-state index in [2.05, 4.69) is 0 Å². The zero-order valence-corrected chi connectivity index (χ0v) is 16.3. The van der Waals surface area contributed by atoms with Gasteiger partial charge >= 0.3 is 0 Å². The highest BCUT2D eigenvalue weighted by atomic mass is 16.8. The lowest BCUT2D eigenvalue weighted by atomic mass is 10.1. The third-order valence-electron chi connectivity index (χ3n) is 3.74. The zero-order chi connectivity index (χ0) is 18.1. The standard InChI is InChI=1S/C14H26O5.C4H10O/c1-5-17-13(3,7-11-9-15-11)19-14(4,18-6-2)8-12-10-16-12;1-3-5-4-2/h11-12H,5-10H2,1-4H3;3-4H2,1-2H3. The van der Waals surface area contributed by atoms with Crippen molar-refractivity contribution in [1.82, 2.24) is 0 Å². The summed E-state index contributed by atoms with van der Waals surface area (Å²) in [7, 11) is 0. The lowest BCUT2D eigenvalue weighted by Gasteiger charge is -2.39. The molecule has 24 heavy (non-hydrogen) atoms. The topological polar surface area (TPSA) is 62.0 Å². The van der Waals surface area contributed by atoms with Gasteiger partial charge in [0.2, 0.25) is 0 Å². The molecule has 0 N–H and O–H groups in total. The summed E-state index contributed by atoms with van der Waals surface area (Å²) in [6.07, 6.45) is 1.96. The summed E-state index contributed by atoms with van der Waals surface area (Å²) >= 11 is 0. The third kappa shape index (κ3) is 9.30. The number of rotatable bonds is 12. The van der Waals surface area contributed by atoms with E-state index in [0.29, 0.717) is 13.2 Å². The van der Waals surface area contributed by atoms with Gasteiger partial charge in [-0.3, -0.25) is 0 Å². The Morgan fingerprint density at radius 3 is 1.33 bits per heavy atom. The normalized spacial score (nSPS) is 26.8. The Balaban J connectivity index is 0.000000505. The number of hydrogen-bond acceptors (Lipinski definition) is 6. The summed E-state index contributed by atoms with van der Waals surface area (Å²) in [5, 5.41) is 0. The second-order valence-corrected chi connectivity index (χ2v) is 6.34. The Morgan fingerprint density at radius 2 is 1.12 bits per heavy atom. The van der Waals surface area contributed by atoms with Gasteiger partial charge in [-0.25, -0.2) is 0 Å². The molecule has 4 atom stereocenters. The van der Waals surface area contributed by atoms with Gasteiger partial charge in [0.05, 0.1) is 25.4 Å². The maximum absolute atomic E-state index is 6.20. The van der Waals surface area contributed by atoms with Gasteiger partial charge in [-0.05, 0) is 41.5 Å². The molecule has 4 unspecified atom stereocenters. The highest BCUT2D eigenvalue weighted by Crippen LogP contribution is 2.35. The second kappa shape index (κ2) is 10.7. The lowest BCUT2D eigenvalue weighted by molar-refractivity contribution is -0.351. The van der Waals surface area contributed by atoms with Crippen molar-refractivity contribution in [1.29, 1.82) is 0 Å². The molecule has 2 aliphatic rings. The molecular weight excluding hydrogens is 312 g/mol. The molecule has 0 spiro atoms. The monoisotopic (exact) mass is 348 g/mol. The molecule has 6 heteroatoms. The summed E-state index contributed by atoms with van der Waals surface area (Å²) in [5.41, 5.74) is 0. The van der Waals surface area contributed by atoms with Crippen LogP contribution in [0.15, 0.2) is 0 Å². The molecule has 2 heterocycles. The van der Waals surface area contributed by atoms with E-state index in [0.717, 1.165) is 39.3 Å². The first kappa shape index (κ1) is 21.8. The van der Waals surface area contributed by atoms with Gasteiger partial charge in [-0.15, -0.1) is 0 Å². The van der Waals surface area contributed by atoms with Crippen molar-refractivity contribution in [2.45, 2.75) is 78.2 Å². The van der Waals surface area contributed by atoms with Crippen LogP contribution >= 0.6 is 0 Å². The van der Waals surface area contributed by atoms with Gasteiger partial charge in [0, 0.05) is 39.3 Å². The summed E-state index contributed by atoms with van der Waals surface area (Å²) in [6.45, 7) is 16.3. The largest absolute Gasteiger partial charge is 0.382 e. The van der Waals surface area contributed by atoms with Crippen LogP contribution in [0, 0.1) is 0 Å². The van der Waals surface area contributed by atoms with Gasteiger partial charge in [0.15, 0.2) is 11.6 Å². The summed E-state index contributed by atoms with van der Waals surface area (Å²) in [6, 6.07) is 0. The fourth-order valence-electron chi connectivity index (χ4n) is 2.73. The van der Waals surface area contributed by atoms with Crippen LogP contribution in [0.2, 0.25) is 0 Å². The van der Waals surface area contributed by atoms with Crippen molar-refractivity contribution in [2.24, 2.45) is 0 Å². The first-order valence-electron chi connectivity index (χ1n) is 9.19. The molecule has 0 aromatic rings. The van der Waals surface area contributed by atoms with Crippen LogP contribution in [0.1, 0.15) is 54.4 Å². The molecule has 0 bridgehead atoms. The highest BCUT2D eigenvalue weighted by molar-refractivity contribution is 4.83. The van der Waals surface area contributed by atoms with E-state index in [9.17, 15) is 0 Å². The van der Waals surface area contributed by atoms with Gasteiger partial charge in [0.25, 0.3) is 0 Å². The van der Waals surface area contributed by atoms with Crippen molar-refractivity contribution in [2.75, 3.05) is 39.6 Å². The van der Waals surface area contributed by atoms with Crippen LogP contribution in [-0.2, 0) is 28.4 Å². The highest BCUT2D eigenvalue weighted by Gasteiger charge is 2.44. The molecule has 2 fully saturated rings. The predicted octanol–water partition coefficient (Wildman–Crippen LogP) is 3.13. The quantitative estimate of drug-likeness (QED) is 0.399. The van der Waals surface area contributed by atoms with Gasteiger partial charge < -0.3 is 28.4 Å². The average molecular weight is 348 g/mol. The molecule has 0 aromatic heterocycles. The number of ether oxygens (including phenoxy) is 6. The minimum absolute atomic E-state index is 0.250. The van der Waals surface area contributed by atoms with Gasteiger partial charge in [0.1, 0.15) is 0 Å². The second-order valence-electron chi connectivity index (χ2n) is 6.34. The van der Waals surface area contributed by atoms with Crippen molar-refractivity contribution in [3.8, 4) is 0 Å². The zero-order valence-electron chi connectivity index (χ0n) is 16.3. The molecule has 2 saturated heterocycles. The van der Waals surface area contributed by atoms with Crippen LogP contribution in [0.4, 0.5) is 0 Å². The Bertz CT molecular complexity index is 301. The van der Waals surface area contributed by atoms with Crippen LogP contribution in [0.25, 0.3) is 0 Å².